The molecule has 0 saturated carbocycles. The fourth-order valence-electron chi connectivity index (χ4n) is 1.21. The molecule has 1 aromatic carbocycles. The van der Waals surface area contributed by atoms with E-state index in [0.29, 0.717) is 23.2 Å². The molecule has 0 saturated heterocycles. The van der Waals surface area contributed by atoms with Crippen molar-refractivity contribution in [2.45, 2.75) is 13.5 Å². The van der Waals surface area contributed by atoms with Crippen LogP contribution in [0.4, 0.5) is 0 Å². The van der Waals surface area contributed by atoms with Crippen molar-refractivity contribution in [2.75, 3.05) is 7.11 Å². The summed E-state index contributed by atoms with van der Waals surface area (Å²) >= 11 is 0. The van der Waals surface area contributed by atoms with Gasteiger partial charge in [-0.25, -0.2) is 0 Å². The molecule has 0 aliphatic carbocycles. The van der Waals surface area contributed by atoms with E-state index in [1.165, 1.54) is 14.0 Å². The molecule has 80 valence electrons. The number of carbonyl (C=O) groups excluding carboxylic acids is 2. The van der Waals surface area contributed by atoms with Gasteiger partial charge in [0.15, 0.2) is 6.29 Å². The summed E-state index contributed by atoms with van der Waals surface area (Å²) < 4.78 is 9.83. The van der Waals surface area contributed by atoms with Crippen LogP contribution in [0.3, 0.4) is 0 Å². The summed E-state index contributed by atoms with van der Waals surface area (Å²) in [5.74, 6) is 0.101. The Morgan fingerprint density at radius 1 is 1.47 bits per heavy atom. The molecule has 0 radical (unpaired) electrons. The van der Waals surface area contributed by atoms with Gasteiger partial charge in [0.25, 0.3) is 0 Å². The number of hydrogen-bond acceptors (Lipinski definition) is 4. The van der Waals surface area contributed by atoms with Crippen LogP contribution < -0.4 is 4.74 Å². The van der Waals surface area contributed by atoms with Crippen LogP contribution in [0.1, 0.15) is 22.8 Å². The summed E-state index contributed by atoms with van der Waals surface area (Å²) in [4.78, 5) is 21.5. The van der Waals surface area contributed by atoms with Crippen molar-refractivity contribution in [3.05, 3.63) is 29.3 Å². The second-order valence-electron chi connectivity index (χ2n) is 2.93. The van der Waals surface area contributed by atoms with E-state index in [4.69, 9.17) is 9.47 Å². The summed E-state index contributed by atoms with van der Waals surface area (Å²) in [5.41, 5.74) is 1.06. The van der Waals surface area contributed by atoms with E-state index in [1.54, 1.807) is 18.2 Å². The van der Waals surface area contributed by atoms with Crippen molar-refractivity contribution in [3.63, 3.8) is 0 Å². The lowest BCUT2D eigenvalue weighted by atomic mass is 10.1. The predicted molar refractivity (Wildman–Crippen MR) is 53.9 cm³/mol. The predicted octanol–water partition coefficient (Wildman–Crippen LogP) is 1.57. The molecule has 0 unspecified atom stereocenters. The van der Waals surface area contributed by atoms with E-state index in [0.717, 1.165) is 0 Å². The number of esters is 1. The van der Waals surface area contributed by atoms with Gasteiger partial charge in [0.05, 0.1) is 12.7 Å². The van der Waals surface area contributed by atoms with Crippen LogP contribution in [0.5, 0.6) is 5.75 Å². The highest BCUT2D eigenvalue weighted by Crippen LogP contribution is 2.20. The van der Waals surface area contributed by atoms with Gasteiger partial charge in [-0.15, -0.1) is 0 Å². The first-order valence-corrected chi connectivity index (χ1v) is 4.43. The number of benzene rings is 1. The first-order chi connectivity index (χ1) is 7.19. The van der Waals surface area contributed by atoms with Crippen LogP contribution in [0, 0.1) is 0 Å². The molecule has 0 atom stereocenters. The van der Waals surface area contributed by atoms with E-state index in [-0.39, 0.29) is 12.6 Å². The molecule has 1 aromatic rings. The highest BCUT2D eigenvalue weighted by atomic mass is 16.5. The van der Waals surface area contributed by atoms with E-state index in [2.05, 4.69) is 0 Å². The third-order valence-electron chi connectivity index (χ3n) is 1.93. The molecule has 0 amide bonds. The minimum absolute atomic E-state index is 0.0839. The lowest BCUT2D eigenvalue weighted by Gasteiger charge is -2.08. The normalized spacial score (nSPS) is 9.47. The highest BCUT2D eigenvalue weighted by Gasteiger charge is 2.08. The zero-order chi connectivity index (χ0) is 11.3. The largest absolute Gasteiger partial charge is 0.496 e. The van der Waals surface area contributed by atoms with Crippen LogP contribution in [-0.2, 0) is 16.1 Å². The molecule has 4 nitrogen and oxygen atoms in total. The summed E-state index contributed by atoms with van der Waals surface area (Å²) in [6.45, 7) is 1.40. The molecule has 0 aromatic heterocycles. The Balaban J connectivity index is 2.95. The minimum Gasteiger partial charge on any atom is -0.496 e. The van der Waals surface area contributed by atoms with Gasteiger partial charge in [-0.05, 0) is 6.07 Å². The fourth-order valence-corrected chi connectivity index (χ4v) is 1.21. The summed E-state index contributed by atoms with van der Waals surface area (Å²) in [6.07, 6.45) is 0.692. The number of rotatable bonds is 4. The lowest BCUT2D eigenvalue weighted by Crippen LogP contribution is -2.03. The minimum atomic E-state index is -0.380. The fraction of sp³-hybridized carbons (Fsp3) is 0.273. The van der Waals surface area contributed by atoms with Crippen LogP contribution in [0.25, 0.3) is 0 Å². The Morgan fingerprint density at radius 3 is 2.73 bits per heavy atom. The van der Waals surface area contributed by atoms with Gasteiger partial charge in [0.2, 0.25) is 0 Å². The summed E-state index contributed by atoms with van der Waals surface area (Å²) in [7, 11) is 1.48. The van der Waals surface area contributed by atoms with Gasteiger partial charge in [0.1, 0.15) is 12.4 Å². The Labute approximate surface area is 87.8 Å². The average Bonchev–Trinajstić information content (AvgIpc) is 2.25. The van der Waals surface area contributed by atoms with Gasteiger partial charge >= 0.3 is 5.97 Å². The molecule has 0 bridgehead atoms. The van der Waals surface area contributed by atoms with Gasteiger partial charge in [-0.1, -0.05) is 12.1 Å². The molecule has 15 heavy (non-hydrogen) atoms. The van der Waals surface area contributed by atoms with Crippen molar-refractivity contribution in [3.8, 4) is 5.75 Å². The van der Waals surface area contributed by atoms with Crippen molar-refractivity contribution < 1.29 is 19.1 Å². The highest BCUT2D eigenvalue weighted by molar-refractivity contribution is 5.81. The number of aldehydes is 1. The summed E-state index contributed by atoms with van der Waals surface area (Å²) in [6, 6.07) is 5.14. The third-order valence-corrected chi connectivity index (χ3v) is 1.93. The van der Waals surface area contributed by atoms with E-state index >= 15 is 0 Å². The second kappa shape index (κ2) is 5.14. The van der Waals surface area contributed by atoms with Crippen LogP contribution in [-0.4, -0.2) is 19.4 Å². The Morgan fingerprint density at radius 2 is 2.20 bits per heavy atom. The Kier molecular flexibility index (Phi) is 3.85. The summed E-state index contributed by atoms with van der Waals surface area (Å²) in [5, 5.41) is 0. The SMILES string of the molecule is COc1cccc(COC(C)=O)c1C=O. The maximum atomic E-state index is 10.8. The monoisotopic (exact) mass is 208 g/mol. The second-order valence-corrected chi connectivity index (χ2v) is 2.93. The van der Waals surface area contributed by atoms with E-state index in [9.17, 15) is 9.59 Å². The quantitative estimate of drug-likeness (QED) is 0.556. The third kappa shape index (κ3) is 2.80. The number of carbonyl (C=O) groups is 2. The maximum absolute atomic E-state index is 10.8. The van der Waals surface area contributed by atoms with Crippen LogP contribution >= 0.6 is 0 Å². The maximum Gasteiger partial charge on any atom is 0.302 e. The molecule has 1 rings (SSSR count). The Bertz CT molecular complexity index is 371. The standard InChI is InChI=1S/C11H12O4/c1-8(13)15-7-9-4-3-5-11(14-2)10(9)6-12/h3-6H,7H2,1-2H3. The van der Waals surface area contributed by atoms with Gasteiger partial charge < -0.3 is 9.47 Å². The van der Waals surface area contributed by atoms with Crippen molar-refractivity contribution in [2.24, 2.45) is 0 Å². The molecular formula is C11H12O4. The first kappa shape index (κ1) is 11.2. The smallest absolute Gasteiger partial charge is 0.302 e. The van der Waals surface area contributed by atoms with E-state index < -0.39 is 0 Å². The molecule has 0 fully saturated rings. The molecular weight excluding hydrogens is 196 g/mol. The first-order valence-electron chi connectivity index (χ1n) is 4.43. The number of ether oxygens (including phenoxy) is 2. The molecule has 0 aliphatic rings. The number of hydrogen-bond donors (Lipinski definition) is 0. The zero-order valence-electron chi connectivity index (χ0n) is 8.65. The van der Waals surface area contributed by atoms with Gasteiger partial charge in [-0.3, -0.25) is 9.59 Å². The zero-order valence-corrected chi connectivity index (χ0v) is 8.65. The van der Waals surface area contributed by atoms with Crippen LogP contribution in [0.15, 0.2) is 18.2 Å². The Hall–Kier alpha value is -1.84. The van der Waals surface area contributed by atoms with Crippen LogP contribution in [0.2, 0.25) is 0 Å². The van der Waals surface area contributed by atoms with E-state index in [1.807, 2.05) is 0 Å². The molecule has 0 spiro atoms. The lowest BCUT2D eigenvalue weighted by molar-refractivity contribution is -0.142. The van der Waals surface area contributed by atoms with Gasteiger partial charge in [-0.2, -0.15) is 0 Å². The molecule has 0 heterocycles. The number of methoxy groups -OCH3 is 1. The van der Waals surface area contributed by atoms with Crippen molar-refractivity contribution >= 4 is 12.3 Å². The van der Waals surface area contributed by atoms with Gasteiger partial charge in [0, 0.05) is 12.5 Å². The average molecular weight is 208 g/mol. The molecule has 4 heteroatoms. The molecule has 0 N–H and O–H groups in total. The topological polar surface area (TPSA) is 52.6 Å². The van der Waals surface area contributed by atoms with Crippen molar-refractivity contribution in [1.82, 2.24) is 0 Å². The van der Waals surface area contributed by atoms with Crippen molar-refractivity contribution in [1.29, 1.82) is 0 Å². The molecule has 0 aliphatic heterocycles.